The van der Waals surface area contributed by atoms with Crippen molar-refractivity contribution in [1.82, 2.24) is 25.2 Å². The molecule has 3 aromatic rings. The first kappa shape index (κ1) is 16.7. The second kappa shape index (κ2) is 6.37. The van der Waals surface area contributed by atoms with Gasteiger partial charge in [0.25, 0.3) is 0 Å². The molecule has 0 spiro atoms. The highest BCUT2D eigenvalue weighted by Gasteiger charge is 2.20. The summed E-state index contributed by atoms with van der Waals surface area (Å²) in [6.45, 7) is 6.17. The number of nitrogens with zero attached hydrogens (tertiary/aromatic N) is 5. The monoisotopic (exact) mass is 362 g/mol. The van der Waals surface area contributed by atoms with E-state index in [1.165, 1.54) is 0 Å². The van der Waals surface area contributed by atoms with Crippen molar-refractivity contribution in [2.45, 2.75) is 26.3 Å². The van der Waals surface area contributed by atoms with Gasteiger partial charge in [-0.1, -0.05) is 29.3 Å². The summed E-state index contributed by atoms with van der Waals surface area (Å²) < 4.78 is 1.55. The van der Waals surface area contributed by atoms with Crippen LogP contribution in [0, 0.1) is 0 Å². The quantitative estimate of drug-likeness (QED) is 0.754. The van der Waals surface area contributed by atoms with Gasteiger partial charge in [-0.2, -0.15) is 4.68 Å². The van der Waals surface area contributed by atoms with Crippen LogP contribution in [0.5, 0.6) is 0 Å². The molecule has 1 N–H and O–H groups in total. The third-order valence-electron chi connectivity index (χ3n) is 3.17. The number of pyridine rings is 1. The van der Waals surface area contributed by atoms with Gasteiger partial charge in [-0.15, -0.1) is 5.10 Å². The molecular weight excluding hydrogens is 347 g/mol. The number of nitrogens with one attached hydrogen (secondary N) is 1. The van der Waals surface area contributed by atoms with Crippen LogP contribution >= 0.6 is 23.2 Å². The van der Waals surface area contributed by atoms with Crippen LogP contribution in [0.3, 0.4) is 0 Å². The highest BCUT2D eigenvalue weighted by atomic mass is 35.5. The van der Waals surface area contributed by atoms with Crippen molar-refractivity contribution in [3.63, 3.8) is 0 Å². The Hall–Kier alpha value is -2.18. The van der Waals surface area contributed by atoms with Crippen molar-refractivity contribution in [2.24, 2.45) is 0 Å². The van der Waals surface area contributed by atoms with Gasteiger partial charge in [-0.05, 0) is 55.5 Å². The second-order valence-electron chi connectivity index (χ2n) is 6.26. The Labute approximate surface area is 149 Å². The highest BCUT2D eigenvalue weighted by Crippen LogP contribution is 2.32. The molecule has 124 valence electrons. The van der Waals surface area contributed by atoms with Gasteiger partial charge in [-0.25, -0.2) is 4.98 Å². The summed E-state index contributed by atoms with van der Waals surface area (Å²) in [6, 6.07) is 9.06. The Kier molecular flexibility index (Phi) is 4.43. The minimum Gasteiger partial charge on any atom is -0.365 e. The van der Waals surface area contributed by atoms with E-state index in [1.54, 1.807) is 29.1 Å². The van der Waals surface area contributed by atoms with Crippen LogP contribution in [0.1, 0.15) is 20.8 Å². The van der Waals surface area contributed by atoms with E-state index in [4.69, 9.17) is 23.2 Å². The maximum Gasteiger partial charge on any atom is 0.190 e. The number of anilines is 1. The number of tetrazole rings is 1. The molecule has 0 aliphatic rings. The lowest BCUT2D eigenvalue weighted by atomic mass is 10.1. The molecule has 0 bridgehead atoms. The molecule has 8 heteroatoms. The van der Waals surface area contributed by atoms with Gasteiger partial charge >= 0.3 is 0 Å². The third kappa shape index (κ3) is 3.34. The largest absolute Gasteiger partial charge is 0.365 e. The highest BCUT2D eigenvalue weighted by molar-refractivity contribution is 6.43. The number of hydrogen-bond donors (Lipinski definition) is 1. The number of benzene rings is 1. The van der Waals surface area contributed by atoms with Crippen LogP contribution in [-0.4, -0.2) is 30.7 Å². The summed E-state index contributed by atoms with van der Waals surface area (Å²) in [5.74, 6) is 1.22. The van der Waals surface area contributed by atoms with Crippen molar-refractivity contribution >= 4 is 29.0 Å². The first-order valence-corrected chi connectivity index (χ1v) is 8.09. The minimum absolute atomic E-state index is 0.158. The third-order valence-corrected chi connectivity index (χ3v) is 3.98. The zero-order valence-electron chi connectivity index (χ0n) is 13.5. The van der Waals surface area contributed by atoms with Crippen LogP contribution in [0.2, 0.25) is 10.0 Å². The molecule has 0 atom stereocenters. The van der Waals surface area contributed by atoms with Crippen LogP contribution < -0.4 is 5.32 Å². The molecule has 0 saturated carbocycles. The molecule has 2 heterocycles. The van der Waals surface area contributed by atoms with Crippen molar-refractivity contribution in [2.75, 3.05) is 5.32 Å². The zero-order chi connectivity index (χ0) is 17.3. The lowest BCUT2D eigenvalue weighted by Crippen LogP contribution is -2.27. The van der Waals surface area contributed by atoms with Gasteiger partial charge in [0.2, 0.25) is 0 Å². The molecule has 0 saturated heterocycles. The summed E-state index contributed by atoms with van der Waals surface area (Å²) >= 11 is 12.4. The van der Waals surface area contributed by atoms with Gasteiger partial charge in [0.15, 0.2) is 5.82 Å². The SMILES string of the molecule is CC(C)(C)Nc1ncccc1-c1nnnn1-c1cccc(Cl)c1Cl. The topological polar surface area (TPSA) is 68.5 Å². The van der Waals surface area contributed by atoms with Gasteiger partial charge < -0.3 is 5.32 Å². The smallest absolute Gasteiger partial charge is 0.190 e. The van der Waals surface area contributed by atoms with Crippen LogP contribution in [0.4, 0.5) is 5.82 Å². The first-order valence-electron chi connectivity index (χ1n) is 7.33. The lowest BCUT2D eigenvalue weighted by Gasteiger charge is -2.22. The van der Waals surface area contributed by atoms with E-state index >= 15 is 0 Å². The summed E-state index contributed by atoms with van der Waals surface area (Å²) in [5.41, 5.74) is 1.22. The summed E-state index contributed by atoms with van der Waals surface area (Å²) in [5, 5.41) is 16.2. The van der Waals surface area contributed by atoms with E-state index in [1.807, 2.05) is 12.1 Å². The maximum atomic E-state index is 6.31. The molecule has 0 aliphatic heterocycles. The predicted molar refractivity (Wildman–Crippen MR) is 95.8 cm³/mol. The predicted octanol–water partition coefficient (Wildman–Crippen LogP) is 4.24. The molecule has 24 heavy (non-hydrogen) atoms. The van der Waals surface area contributed by atoms with E-state index in [0.29, 0.717) is 27.4 Å². The zero-order valence-corrected chi connectivity index (χ0v) is 15.0. The molecule has 6 nitrogen and oxygen atoms in total. The van der Waals surface area contributed by atoms with Crippen LogP contribution in [-0.2, 0) is 0 Å². The summed E-state index contributed by atoms with van der Waals surface area (Å²) in [7, 11) is 0. The van der Waals surface area contributed by atoms with Gasteiger partial charge in [-0.3, -0.25) is 0 Å². The van der Waals surface area contributed by atoms with Gasteiger partial charge in [0, 0.05) is 11.7 Å². The fourth-order valence-electron chi connectivity index (χ4n) is 2.21. The number of halogens is 2. The van der Waals surface area contributed by atoms with Crippen LogP contribution in [0.25, 0.3) is 17.1 Å². The Balaban J connectivity index is 2.14. The minimum atomic E-state index is -0.158. The fourth-order valence-corrected chi connectivity index (χ4v) is 2.59. The van der Waals surface area contributed by atoms with E-state index in [-0.39, 0.29) is 5.54 Å². The number of aromatic nitrogens is 5. The van der Waals surface area contributed by atoms with Crippen molar-refractivity contribution < 1.29 is 0 Å². The van der Waals surface area contributed by atoms with Crippen molar-refractivity contribution in [3.8, 4) is 17.1 Å². The van der Waals surface area contributed by atoms with Crippen molar-refractivity contribution in [3.05, 3.63) is 46.6 Å². The van der Waals surface area contributed by atoms with Crippen molar-refractivity contribution in [1.29, 1.82) is 0 Å². The van der Waals surface area contributed by atoms with Gasteiger partial charge in [0.05, 0.1) is 21.3 Å². The van der Waals surface area contributed by atoms with E-state index < -0.39 is 0 Å². The average molecular weight is 363 g/mol. The molecule has 0 aliphatic carbocycles. The molecule has 2 aromatic heterocycles. The lowest BCUT2D eigenvalue weighted by molar-refractivity contribution is 0.630. The molecule has 0 radical (unpaired) electrons. The molecule has 0 unspecified atom stereocenters. The summed E-state index contributed by atoms with van der Waals surface area (Å²) in [6.07, 6.45) is 1.72. The summed E-state index contributed by atoms with van der Waals surface area (Å²) in [4.78, 5) is 4.42. The number of hydrogen-bond acceptors (Lipinski definition) is 5. The van der Waals surface area contributed by atoms with E-state index in [2.05, 4.69) is 46.6 Å². The van der Waals surface area contributed by atoms with E-state index in [0.717, 1.165) is 5.56 Å². The Bertz CT molecular complexity index is 869. The normalized spacial score (nSPS) is 11.5. The second-order valence-corrected chi connectivity index (χ2v) is 7.05. The van der Waals surface area contributed by atoms with E-state index in [9.17, 15) is 0 Å². The molecule has 0 fully saturated rings. The van der Waals surface area contributed by atoms with Crippen LogP contribution in [0.15, 0.2) is 36.5 Å². The average Bonchev–Trinajstić information content (AvgIpc) is 2.98. The molecule has 0 amide bonds. The first-order chi connectivity index (χ1) is 11.4. The van der Waals surface area contributed by atoms with Gasteiger partial charge in [0.1, 0.15) is 5.82 Å². The Morgan fingerprint density at radius 2 is 1.88 bits per heavy atom. The Morgan fingerprint density at radius 3 is 2.62 bits per heavy atom. The molecule has 3 rings (SSSR count). The fraction of sp³-hybridized carbons (Fsp3) is 0.250. The molecular formula is C16H16Cl2N6. The maximum absolute atomic E-state index is 6.31. The Morgan fingerprint density at radius 1 is 1.08 bits per heavy atom. The standard InChI is InChI=1S/C16H16Cl2N6/c1-16(2,3)20-14-10(6-5-9-19-14)15-21-22-23-24(15)12-8-4-7-11(17)13(12)18/h4-9H,1-3H3,(H,19,20). The number of rotatable bonds is 3. The molecule has 1 aromatic carbocycles.